The number of nitrogens with one attached hydrogen (secondary N) is 1. The van der Waals surface area contributed by atoms with Gasteiger partial charge in [0.05, 0.1) is 0 Å². The molecule has 1 saturated heterocycles. The minimum atomic E-state index is 0.621. The van der Waals surface area contributed by atoms with Crippen LogP contribution < -0.4 is 5.32 Å². The summed E-state index contributed by atoms with van der Waals surface area (Å²) in [5, 5.41) is 7.55. The molecule has 4 heteroatoms. The van der Waals surface area contributed by atoms with Gasteiger partial charge in [-0.3, -0.25) is 0 Å². The van der Waals surface area contributed by atoms with Gasteiger partial charge in [0.15, 0.2) is 0 Å². The predicted molar refractivity (Wildman–Crippen MR) is 78.5 cm³/mol. The smallest absolute Gasteiger partial charge is 0.227 e. The fourth-order valence-corrected chi connectivity index (χ4v) is 2.86. The molecular formula is C16H21N3O. The van der Waals surface area contributed by atoms with Crippen LogP contribution in [0.1, 0.15) is 29.9 Å². The molecule has 0 saturated carbocycles. The van der Waals surface area contributed by atoms with Crippen LogP contribution >= 0.6 is 0 Å². The van der Waals surface area contributed by atoms with Crippen molar-refractivity contribution >= 4 is 0 Å². The normalized spacial score (nSPS) is 19.2. The average Bonchev–Trinajstić information content (AvgIpc) is 2.88. The van der Waals surface area contributed by atoms with Gasteiger partial charge in [0.2, 0.25) is 11.7 Å². The van der Waals surface area contributed by atoms with Crippen LogP contribution in [0.5, 0.6) is 0 Å². The average molecular weight is 271 g/mol. The lowest BCUT2D eigenvalue weighted by atomic mass is 9.96. The Morgan fingerprint density at radius 1 is 1.35 bits per heavy atom. The minimum absolute atomic E-state index is 0.621. The summed E-state index contributed by atoms with van der Waals surface area (Å²) in [7, 11) is 0. The molecule has 0 spiro atoms. The van der Waals surface area contributed by atoms with Gasteiger partial charge in [-0.2, -0.15) is 4.98 Å². The third kappa shape index (κ3) is 2.90. The molecule has 1 fully saturated rings. The second-order valence-electron chi connectivity index (χ2n) is 5.75. The van der Waals surface area contributed by atoms with Crippen molar-refractivity contribution in [1.29, 1.82) is 0 Å². The minimum Gasteiger partial charge on any atom is -0.339 e. The van der Waals surface area contributed by atoms with Crippen LogP contribution in [-0.4, -0.2) is 23.2 Å². The first-order valence-corrected chi connectivity index (χ1v) is 7.33. The van der Waals surface area contributed by atoms with E-state index >= 15 is 0 Å². The highest BCUT2D eigenvalue weighted by molar-refractivity contribution is 5.59. The van der Waals surface area contributed by atoms with Gasteiger partial charge < -0.3 is 9.84 Å². The molecule has 1 atom stereocenters. The molecule has 1 N–H and O–H groups in total. The topological polar surface area (TPSA) is 51.0 Å². The Labute approximate surface area is 119 Å². The van der Waals surface area contributed by atoms with Gasteiger partial charge in [-0.05, 0) is 51.3 Å². The SMILES string of the molecule is Cc1ccc(-c2noc(CC3CCCNC3)n2)c(C)c1. The van der Waals surface area contributed by atoms with E-state index in [2.05, 4.69) is 47.5 Å². The number of rotatable bonds is 3. The summed E-state index contributed by atoms with van der Waals surface area (Å²) in [6, 6.07) is 6.31. The lowest BCUT2D eigenvalue weighted by Gasteiger charge is -2.20. The molecule has 20 heavy (non-hydrogen) atoms. The van der Waals surface area contributed by atoms with E-state index in [4.69, 9.17) is 4.52 Å². The highest BCUT2D eigenvalue weighted by Crippen LogP contribution is 2.23. The first-order valence-electron chi connectivity index (χ1n) is 7.33. The number of hydrogen-bond donors (Lipinski definition) is 1. The number of benzene rings is 1. The molecule has 1 aliphatic rings. The fraction of sp³-hybridized carbons (Fsp3) is 0.500. The zero-order chi connectivity index (χ0) is 13.9. The lowest BCUT2D eigenvalue weighted by molar-refractivity contribution is 0.316. The molecule has 0 aliphatic carbocycles. The Morgan fingerprint density at radius 2 is 2.25 bits per heavy atom. The number of hydrogen-bond acceptors (Lipinski definition) is 4. The molecule has 1 aromatic heterocycles. The van der Waals surface area contributed by atoms with Gasteiger partial charge in [-0.1, -0.05) is 28.9 Å². The molecular weight excluding hydrogens is 250 g/mol. The Balaban J connectivity index is 1.75. The van der Waals surface area contributed by atoms with E-state index in [0.717, 1.165) is 31.0 Å². The maximum Gasteiger partial charge on any atom is 0.227 e. The number of piperidine rings is 1. The summed E-state index contributed by atoms with van der Waals surface area (Å²) >= 11 is 0. The summed E-state index contributed by atoms with van der Waals surface area (Å²) < 4.78 is 5.42. The van der Waals surface area contributed by atoms with Gasteiger partial charge in [0.1, 0.15) is 0 Å². The van der Waals surface area contributed by atoms with Crippen LogP contribution in [0.25, 0.3) is 11.4 Å². The van der Waals surface area contributed by atoms with Gasteiger partial charge in [-0.15, -0.1) is 0 Å². The van der Waals surface area contributed by atoms with Gasteiger partial charge in [0, 0.05) is 12.0 Å². The summed E-state index contributed by atoms with van der Waals surface area (Å²) in [6.45, 7) is 6.37. The van der Waals surface area contributed by atoms with Crippen molar-refractivity contribution in [2.75, 3.05) is 13.1 Å². The van der Waals surface area contributed by atoms with Crippen LogP contribution in [0, 0.1) is 19.8 Å². The third-order valence-corrected chi connectivity index (χ3v) is 3.95. The Morgan fingerprint density at radius 3 is 3.00 bits per heavy atom. The molecule has 1 unspecified atom stereocenters. The van der Waals surface area contributed by atoms with Crippen molar-refractivity contribution in [3.05, 3.63) is 35.2 Å². The van der Waals surface area contributed by atoms with Crippen LogP contribution in [-0.2, 0) is 6.42 Å². The maximum absolute atomic E-state index is 5.42. The van der Waals surface area contributed by atoms with Crippen LogP contribution in [0.15, 0.2) is 22.7 Å². The van der Waals surface area contributed by atoms with Crippen LogP contribution in [0.3, 0.4) is 0 Å². The standard InChI is InChI=1S/C16H21N3O/c1-11-5-6-14(12(2)8-11)16-18-15(20-19-16)9-13-4-3-7-17-10-13/h5-6,8,13,17H,3-4,7,9-10H2,1-2H3. The van der Waals surface area contributed by atoms with Crippen molar-refractivity contribution in [2.45, 2.75) is 33.1 Å². The fourth-order valence-electron chi connectivity index (χ4n) is 2.86. The summed E-state index contributed by atoms with van der Waals surface area (Å²) in [5.41, 5.74) is 3.51. The van der Waals surface area contributed by atoms with Gasteiger partial charge in [-0.25, -0.2) is 0 Å². The molecule has 0 radical (unpaired) electrons. The second-order valence-corrected chi connectivity index (χ2v) is 5.75. The molecule has 3 rings (SSSR count). The molecule has 1 aromatic carbocycles. The van der Waals surface area contributed by atoms with E-state index in [0.29, 0.717) is 11.7 Å². The highest BCUT2D eigenvalue weighted by atomic mass is 16.5. The van der Waals surface area contributed by atoms with E-state index in [1.54, 1.807) is 0 Å². The lowest BCUT2D eigenvalue weighted by Crippen LogP contribution is -2.30. The van der Waals surface area contributed by atoms with E-state index in [1.165, 1.54) is 24.0 Å². The molecule has 0 amide bonds. The van der Waals surface area contributed by atoms with Crippen molar-refractivity contribution in [3.63, 3.8) is 0 Å². The highest BCUT2D eigenvalue weighted by Gasteiger charge is 2.18. The van der Waals surface area contributed by atoms with Crippen LogP contribution in [0.2, 0.25) is 0 Å². The third-order valence-electron chi connectivity index (χ3n) is 3.95. The number of aryl methyl sites for hydroxylation is 2. The second kappa shape index (κ2) is 5.75. The zero-order valence-electron chi connectivity index (χ0n) is 12.1. The van der Waals surface area contributed by atoms with E-state index < -0.39 is 0 Å². The molecule has 4 nitrogen and oxygen atoms in total. The Kier molecular flexibility index (Phi) is 3.83. The molecule has 2 aromatic rings. The maximum atomic E-state index is 5.42. The van der Waals surface area contributed by atoms with Gasteiger partial charge >= 0.3 is 0 Å². The number of nitrogens with zero attached hydrogens (tertiary/aromatic N) is 2. The van der Waals surface area contributed by atoms with E-state index in [-0.39, 0.29) is 0 Å². The van der Waals surface area contributed by atoms with Crippen molar-refractivity contribution < 1.29 is 4.52 Å². The summed E-state index contributed by atoms with van der Waals surface area (Å²) in [6.07, 6.45) is 3.36. The van der Waals surface area contributed by atoms with Gasteiger partial charge in [0.25, 0.3) is 0 Å². The number of aromatic nitrogens is 2. The predicted octanol–water partition coefficient (Wildman–Crippen LogP) is 2.90. The van der Waals surface area contributed by atoms with Crippen molar-refractivity contribution in [3.8, 4) is 11.4 Å². The first kappa shape index (κ1) is 13.3. The monoisotopic (exact) mass is 271 g/mol. The van der Waals surface area contributed by atoms with Crippen molar-refractivity contribution in [2.24, 2.45) is 5.92 Å². The molecule has 1 aliphatic heterocycles. The van der Waals surface area contributed by atoms with Crippen molar-refractivity contribution in [1.82, 2.24) is 15.5 Å². The Bertz CT molecular complexity index is 585. The van der Waals surface area contributed by atoms with E-state index in [1.807, 2.05) is 0 Å². The zero-order valence-corrected chi connectivity index (χ0v) is 12.1. The molecule has 2 heterocycles. The summed E-state index contributed by atoms with van der Waals surface area (Å²) in [4.78, 5) is 4.56. The van der Waals surface area contributed by atoms with E-state index in [9.17, 15) is 0 Å². The largest absolute Gasteiger partial charge is 0.339 e. The Hall–Kier alpha value is -1.68. The summed E-state index contributed by atoms with van der Waals surface area (Å²) in [5.74, 6) is 2.09. The molecule has 106 valence electrons. The quantitative estimate of drug-likeness (QED) is 0.932. The van der Waals surface area contributed by atoms with Crippen LogP contribution in [0.4, 0.5) is 0 Å². The molecule has 0 bridgehead atoms. The first-order chi connectivity index (χ1) is 9.72.